The van der Waals surface area contributed by atoms with E-state index < -0.39 is 0 Å². The monoisotopic (exact) mass is 306 g/mol. The van der Waals surface area contributed by atoms with Crippen LogP contribution in [-0.2, 0) is 0 Å². The number of rotatable bonds is 8. The number of hydrogen-bond acceptors (Lipinski definition) is 2. The molecule has 0 aromatic heterocycles. The first kappa shape index (κ1) is 21.0. The van der Waals surface area contributed by atoms with E-state index in [4.69, 9.17) is 0 Å². The van der Waals surface area contributed by atoms with Gasteiger partial charge in [-0.25, -0.2) is 4.58 Å². The third-order valence-corrected chi connectivity index (χ3v) is 4.06. The standard InChI is InChI=1S/C10H19S2.BrH.Mg/c1-4-7-10(11-8-5-2)12-9-6-3;;/h5H,2,4,6-9H2,1,3H3;1H;/q-1;;+2/p-1. The SMILES string of the molecule is C=CCS[C-](CCC)SCCC.[Br-].[Mg+2]. The molecule has 80 valence electrons. The smallest absolute Gasteiger partial charge is 1.00 e. The topological polar surface area (TPSA) is 0 Å². The second kappa shape index (κ2) is 17.1. The van der Waals surface area contributed by atoms with Crippen molar-refractivity contribution >= 4 is 46.6 Å². The molecular formula is C10H19BrMgS2. The van der Waals surface area contributed by atoms with Crippen LogP contribution in [0, 0.1) is 4.58 Å². The maximum atomic E-state index is 3.73. The summed E-state index contributed by atoms with van der Waals surface area (Å²) in [6.45, 7) is 8.20. The van der Waals surface area contributed by atoms with Crippen molar-refractivity contribution < 1.29 is 17.0 Å². The van der Waals surface area contributed by atoms with E-state index in [1.807, 2.05) is 29.6 Å². The van der Waals surface area contributed by atoms with E-state index in [0.29, 0.717) is 0 Å². The first-order chi connectivity index (χ1) is 5.85. The van der Waals surface area contributed by atoms with E-state index >= 15 is 0 Å². The van der Waals surface area contributed by atoms with E-state index in [-0.39, 0.29) is 40.0 Å². The van der Waals surface area contributed by atoms with Crippen LogP contribution in [0.1, 0.15) is 33.1 Å². The zero-order valence-corrected chi connectivity index (χ0v) is 13.9. The summed E-state index contributed by atoms with van der Waals surface area (Å²) in [6, 6.07) is 0. The molecular weight excluding hydrogens is 288 g/mol. The second-order valence-corrected chi connectivity index (χ2v) is 5.13. The fourth-order valence-electron chi connectivity index (χ4n) is 0.758. The van der Waals surface area contributed by atoms with E-state index in [1.165, 1.54) is 25.0 Å². The molecule has 0 nitrogen and oxygen atoms in total. The predicted octanol–water partition coefficient (Wildman–Crippen LogP) is 0.962. The molecule has 0 atom stereocenters. The van der Waals surface area contributed by atoms with Gasteiger partial charge in [0.2, 0.25) is 0 Å². The first-order valence-electron chi connectivity index (χ1n) is 4.57. The van der Waals surface area contributed by atoms with Crippen LogP contribution in [0.5, 0.6) is 0 Å². The Morgan fingerprint density at radius 3 is 2.29 bits per heavy atom. The third kappa shape index (κ3) is 13.7. The summed E-state index contributed by atoms with van der Waals surface area (Å²) in [5, 5.41) is 0. The van der Waals surface area contributed by atoms with Gasteiger partial charge >= 0.3 is 23.1 Å². The Morgan fingerprint density at radius 2 is 1.86 bits per heavy atom. The van der Waals surface area contributed by atoms with Crippen molar-refractivity contribution in [2.75, 3.05) is 11.5 Å². The molecule has 0 fully saturated rings. The Kier molecular flexibility index (Phi) is 25.7. The average molecular weight is 308 g/mol. The summed E-state index contributed by atoms with van der Waals surface area (Å²) in [4.78, 5) is 0. The Bertz CT molecular complexity index is 112. The molecule has 0 saturated heterocycles. The van der Waals surface area contributed by atoms with Crippen molar-refractivity contribution in [3.8, 4) is 0 Å². The molecule has 4 heteroatoms. The summed E-state index contributed by atoms with van der Waals surface area (Å²) in [5.74, 6) is 2.32. The van der Waals surface area contributed by atoms with Crippen LogP contribution in [0.15, 0.2) is 12.7 Å². The fraction of sp³-hybridized carbons (Fsp3) is 0.700. The maximum Gasteiger partial charge on any atom is 2.00 e. The van der Waals surface area contributed by atoms with Gasteiger partial charge in [-0.1, -0.05) is 26.3 Å². The molecule has 0 aliphatic heterocycles. The van der Waals surface area contributed by atoms with Crippen molar-refractivity contribution in [2.45, 2.75) is 33.1 Å². The quantitative estimate of drug-likeness (QED) is 0.372. The van der Waals surface area contributed by atoms with Gasteiger partial charge in [-0.2, -0.15) is 6.42 Å². The van der Waals surface area contributed by atoms with Crippen molar-refractivity contribution in [1.82, 2.24) is 0 Å². The average Bonchev–Trinajstić information content (AvgIpc) is 2.10. The summed E-state index contributed by atoms with van der Waals surface area (Å²) in [6.07, 6.45) is 5.76. The zero-order valence-electron chi connectivity index (χ0n) is 9.22. The van der Waals surface area contributed by atoms with Gasteiger partial charge < -0.3 is 40.5 Å². The van der Waals surface area contributed by atoms with E-state index in [2.05, 4.69) is 20.4 Å². The van der Waals surface area contributed by atoms with Gasteiger partial charge in [0.25, 0.3) is 0 Å². The molecule has 0 unspecified atom stereocenters. The van der Waals surface area contributed by atoms with Crippen molar-refractivity contribution in [2.24, 2.45) is 0 Å². The van der Waals surface area contributed by atoms with E-state index in [0.717, 1.165) is 5.75 Å². The summed E-state index contributed by atoms with van der Waals surface area (Å²) >= 11 is 3.97. The summed E-state index contributed by atoms with van der Waals surface area (Å²) < 4.78 is 1.58. The van der Waals surface area contributed by atoms with Crippen LogP contribution >= 0.6 is 23.5 Å². The van der Waals surface area contributed by atoms with Crippen molar-refractivity contribution in [3.63, 3.8) is 0 Å². The van der Waals surface area contributed by atoms with Crippen LogP contribution in [0.3, 0.4) is 0 Å². The molecule has 0 heterocycles. The molecule has 0 rings (SSSR count). The largest absolute Gasteiger partial charge is 2.00 e. The van der Waals surface area contributed by atoms with Crippen molar-refractivity contribution in [3.05, 3.63) is 17.2 Å². The minimum Gasteiger partial charge on any atom is -1.00 e. The zero-order chi connectivity index (χ0) is 9.23. The molecule has 0 aliphatic carbocycles. The molecule has 14 heavy (non-hydrogen) atoms. The number of halogens is 1. The predicted molar refractivity (Wildman–Crippen MR) is 69.3 cm³/mol. The minimum atomic E-state index is 0. The van der Waals surface area contributed by atoms with Crippen LogP contribution in [-0.4, -0.2) is 34.6 Å². The van der Waals surface area contributed by atoms with Gasteiger partial charge in [-0.05, 0) is 17.9 Å². The first-order valence-corrected chi connectivity index (χ1v) is 6.54. The Balaban J connectivity index is -0.000000605. The Hall–Kier alpha value is 1.69. The second-order valence-electron chi connectivity index (χ2n) is 2.57. The summed E-state index contributed by atoms with van der Waals surface area (Å²) in [5.41, 5.74) is 0. The van der Waals surface area contributed by atoms with E-state index in [1.54, 1.807) is 4.58 Å². The Labute approximate surface area is 124 Å². The van der Waals surface area contributed by atoms with Crippen molar-refractivity contribution in [1.29, 1.82) is 0 Å². The van der Waals surface area contributed by atoms with Gasteiger partial charge in [0, 0.05) is 0 Å². The molecule has 0 N–H and O–H groups in total. The summed E-state index contributed by atoms with van der Waals surface area (Å²) in [7, 11) is 0. The molecule has 0 aromatic rings. The number of thioether (sulfide) groups is 2. The fourth-order valence-corrected chi connectivity index (χ4v) is 2.98. The Morgan fingerprint density at radius 1 is 1.21 bits per heavy atom. The van der Waals surface area contributed by atoms with Gasteiger partial charge in [0.15, 0.2) is 0 Å². The third-order valence-electron chi connectivity index (χ3n) is 1.28. The maximum absolute atomic E-state index is 3.73. The molecule has 0 aliphatic rings. The minimum absolute atomic E-state index is 0. The van der Waals surface area contributed by atoms with Gasteiger partial charge in [0.1, 0.15) is 0 Å². The van der Waals surface area contributed by atoms with Gasteiger partial charge in [-0.15, -0.1) is 6.58 Å². The molecule has 0 bridgehead atoms. The molecule has 0 radical (unpaired) electrons. The molecule has 0 saturated carbocycles. The van der Waals surface area contributed by atoms with Gasteiger partial charge in [0.05, 0.1) is 0 Å². The van der Waals surface area contributed by atoms with Gasteiger partial charge in [-0.3, -0.25) is 0 Å². The van der Waals surface area contributed by atoms with Crippen LogP contribution in [0.25, 0.3) is 0 Å². The van der Waals surface area contributed by atoms with E-state index in [9.17, 15) is 0 Å². The van der Waals surface area contributed by atoms with Crippen LogP contribution in [0.2, 0.25) is 0 Å². The van der Waals surface area contributed by atoms with Crippen LogP contribution in [0.4, 0.5) is 0 Å². The van der Waals surface area contributed by atoms with Crippen LogP contribution < -0.4 is 17.0 Å². The molecule has 0 aromatic carbocycles. The molecule has 0 amide bonds. The normalized spacial score (nSPS) is 9.07. The molecule has 0 spiro atoms. The number of hydrogen-bond donors (Lipinski definition) is 0.